The van der Waals surface area contributed by atoms with Gasteiger partial charge in [0.15, 0.2) is 0 Å². The van der Waals surface area contributed by atoms with Gasteiger partial charge in [-0.1, -0.05) is 24.6 Å². The highest BCUT2D eigenvalue weighted by molar-refractivity contribution is 7.99. The first-order chi connectivity index (χ1) is 8.47. The molecule has 0 saturated carbocycles. The van der Waals surface area contributed by atoms with Crippen LogP contribution >= 0.6 is 23.4 Å². The maximum atomic E-state index is 11.2. The first-order valence-electron chi connectivity index (χ1n) is 5.11. The summed E-state index contributed by atoms with van der Waals surface area (Å²) >= 11 is 7.00. The average molecular weight is 290 g/mol. The van der Waals surface area contributed by atoms with E-state index in [9.17, 15) is 14.9 Å². The van der Waals surface area contributed by atoms with E-state index in [1.807, 2.05) is 0 Å². The molecule has 1 atom stereocenters. The lowest BCUT2D eigenvalue weighted by Crippen LogP contribution is -2.14. The highest BCUT2D eigenvalue weighted by Gasteiger charge is 2.21. The molecule has 0 saturated heterocycles. The fraction of sp³-hybridized carbons (Fsp3) is 0.364. The van der Waals surface area contributed by atoms with E-state index < -0.39 is 4.92 Å². The van der Waals surface area contributed by atoms with Crippen LogP contribution in [0.15, 0.2) is 23.1 Å². The van der Waals surface area contributed by atoms with Crippen LogP contribution in [0.3, 0.4) is 0 Å². The molecule has 0 fully saturated rings. The SMILES string of the molecule is COC(=O)C(C)CSc1cccc(Cl)c1[N+](=O)[O-]. The number of hydrogen-bond donors (Lipinski definition) is 0. The summed E-state index contributed by atoms with van der Waals surface area (Å²) in [6.07, 6.45) is 0. The lowest BCUT2D eigenvalue weighted by Gasteiger charge is -2.09. The van der Waals surface area contributed by atoms with Crippen LogP contribution in [0.1, 0.15) is 6.92 Å². The predicted molar refractivity (Wildman–Crippen MR) is 70.0 cm³/mol. The lowest BCUT2D eigenvalue weighted by molar-refractivity contribution is -0.387. The van der Waals surface area contributed by atoms with Crippen molar-refractivity contribution in [1.82, 2.24) is 0 Å². The van der Waals surface area contributed by atoms with Crippen LogP contribution < -0.4 is 0 Å². The molecule has 1 rings (SSSR count). The van der Waals surface area contributed by atoms with Crippen LogP contribution in [0.4, 0.5) is 5.69 Å². The maximum Gasteiger partial charge on any atom is 0.309 e. The van der Waals surface area contributed by atoms with E-state index in [1.54, 1.807) is 19.1 Å². The second kappa shape index (κ2) is 6.61. The van der Waals surface area contributed by atoms with Gasteiger partial charge in [-0.3, -0.25) is 14.9 Å². The number of carbonyl (C=O) groups excluding carboxylic acids is 1. The Hall–Kier alpha value is -1.27. The van der Waals surface area contributed by atoms with E-state index >= 15 is 0 Å². The van der Waals surface area contributed by atoms with Gasteiger partial charge in [-0.05, 0) is 12.1 Å². The lowest BCUT2D eigenvalue weighted by atomic mass is 10.2. The van der Waals surface area contributed by atoms with Crippen molar-refractivity contribution >= 4 is 35.0 Å². The Morgan fingerprint density at radius 2 is 2.28 bits per heavy atom. The molecule has 0 bridgehead atoms. The summed E-state index contributed by atoms with van der Waals surface area (Å²) in [5, 5.41) is 11.0. The number of para-hydroxylation sites is 1. The molecule has 18 heavy (non-hydrogen) atoms. The standard InChI is InChI=1S/C11H12ClNO4S/c1-7(11(14)17-2)6-18-9-5-3-4-8(12)10(9)13(15)16/h3-5,7H,6H2,1-2H3. The number of hydrogen-bond acceptors (Lipinski definition) is 5. The number of nitro benzene ring substituents is 1. The number of nitro groups is 1. The Kier molecular flexibility index (Phi) is 5.43. The zero-order valence-corrected chi connectivity index (χ0v) is 11.5. The summed E-state index contributed by atoms with van der Waals surface area (Å²) in [7, 11) is 1.31. The van der Waals surface area contributed by atoms with Crippen molar-refractivity contribution in [2.45, 2.75) is 11.8 Å². The van der Waals surface area contributed by atoms with E-state index in [2.05, 4.69) is 4.74 Å². The Balaban J connectivity index is 2.82. The third-order valence-electron chi connectivity index (χ3n) is 2.22. The van der Waals surface area contributed by atoms with Crippen LogP contribution in [-0.4, -0.2) is 23.8 Å². The summed E-state index contributed by atoms with van der Waals surface area (Å²) in [5.74, 6) is -0.279. The highest BCUT2D eigenvalue weighted by Crippen LogP contribution is 2.35. The molecule has 7 heteroatoms. The summed E-state index contributed by atoms with van der Waals surface area (Å²) in [6, 6.07) is 4.71. The Morgan fingerprint density at radius 3 is 2.83 bits per heavy atom. The quantitative estimate of drug-likeness (QED) is 0.360. The summed E-state index contributed by atoms with van der Waals surface area (Å²) in [4.78, 5) is 22.0. The second-order valence-electron chi connectivity index (χ2n) is 3.58. The molecule has 5 nitrogen and oxygen atoms in total. The number of thioether (sulfide) groups is 1. The minimum Gasteiger partial charge on any atom is -0.469 e. The number of carbonyl (C=O) groups is 1. The number of halogens is 1. The summed E-state index contributed by atoms with van der Waals surface area (Å²) < 4.78 is 4.59. The van der Waals surface area contributed by atoms with E-state index in [4.69, 9.17) is 11.6 Å². The molecule has 98 valence electrons. The third kappa shape index (κ3) is 3.61. The van der Waals surface area contributed by atoms with Crippen LogP contribution in [0, 0.1) is 16.0 Å². The van der Waals surface area contributed by atoms with Gasteiger partial charge >= 0.3 is 11.7 Å². The normalized spacial score (nSPS) is 11.9. The van der Waals surface area contributed by atoms with Crippen molar-refractivity contribution in [2.75, 3.05) is 12.9 Å². The van der Waals surface area contributed by atoms with Crippen LogP contribution in [-0.2, 0) is 9.53 Å². The van der Waals surface area contributed by atoms with E-state index in [0.717, 1.165) is 0 Å². The zero-order chi connectivity index (χ0) is 13.7. The van der Waals surface area contributed by atoms with Gasteiger partial charge in [0.1, 0.15) is 5.02 Å². The van der Waals surface area contributed by atoms with Gasteiger partial charge in [-0.2, -0.15) is 0 Å². The number of ether oxygens (including phenoxy) is 1. The fourth-order valence-corrected chi connectivity index (χ4v) is 2.63. The number of nitrogens with zero attached hydrogens (tertiary/aromatic N) is 1. The molecule has 0 aliphatic rings. The van der Waals surface area contributed by atoms with Crippen molar-refractivity contribution in [3.8, 4) is 0 Å². The van der Waals surface area contributed by atoms with E-state index in [0.29, 0.717) is 10.6 Å². The predicted octanol–water partition coefficient (Wildman–Crippen LogP) is 3.15. The second-order valence-corrected chi connectivity index (χ2v) is 5.05. The molecule has 1 unspecified atom stereocenters. The van der Waals surface area contributed by atoms with Gasteiger partial charge < -0.3 is 4.74 Å². The summed E-state index contributed by atoms with van der Waals surface area (Å²) in [5.41, 5.74) is -0.124. The number of methoxy groups -OCH3 is 1. The van der Waals surface area contributed by atoms with Gasteiger partial charge in [0.2, 0.25) is 0 Å². The number of benzene rings is 1. The van der Waals surface area contributed by atoms with Crippen LogP contribution in [0.5, 0.6) is 0 Å². The molecule has 1 aromatic carbocycles. The van der Waals surface area contributed by atoms with Crippen LogP contribution in [0.2, 0.25) is 5.02 Å². The highest BCUT2D eigenvalue weighted by atomic mass is 35.5. The molecule has 0 amide bonds. The third-order valence-corrected chi connectivity index (χ3v) is 3.84. The largest absolute Gasteiger partial charge is 0.469 e. The van der Waals surface area contributed by atoms with Gasteiger partial charge in [-0.25, -0.2) is 0 Å². The summed E-state index contributed by atoms with van der Waals surface area (Å²) in [6.45, 7) is 1.70. The maximum absolute atomic E-state index is 11.2. The fourth-order valence-electron chi connectivity index (χ4n) is 1.27. The minimum atomic E-state index is -0.520. The van der Waals surface area contributed by atoms with Crippen molar-refractivity contribution in [2.24, 2.45) is 5.92 Å². The Bertz CT molecular complexity index is 466. The molecule has 0 aliphatic carbocycles. The van der Waals surface area contributed by atoms with Gasteiger partial charge in [-0.15, -0.1) is 11.8 Å². The molecule has 0 aliphatic heterocycles. The number of esters is 1. The molecule has 0 heterocycles. The van der Waals surface area contributed by atoms with Gasteiger partial charge in [0, 0.05) is 5.75 Å². The van der Waals surface area contributed by atoms with Crippen LogP contribution in [0.25, 0.3) is 0 Å². The van der Waals surface area contributed by atoms with Crippen molar-refractivity contribution < 1.29 is 14.5 Å². The topological polar surface area (TPSA) is 69.4 Å². The molecule has 0 radical (unpaired) electrons. The Labute approximate surface area is 114 Å². The average Bonchev–Trinajstić information content (AvgIpc) is 2.34. The molecule has 1 aromatic rings. The molecule has 0 aromatic heterocycles. The molecule has 0 N–H and O–H groups in total. The molecular formula is C11H12ClNO4S. The molecular weight excluding hydrogens is 278 g/mol. The van der Waals surface area contributed by atoms with E-state index in [1.165, 1.54) is 24.9 Å². The van der Waals surface area contributed by atoms with Crippen molar-refractivity contribution in [1.29, 1.82) is 0 Å². The minimum absolute atomic E-state index is 0.0933. The Morgan fingerprint density at radius 1 is 1.61 bits per heavy atom. The first-order valence-corrected chi connectivity index (χ1v) is 6.47. The zero-order valence-electron chi connectivity index (χ0n) is 9.88. The monoisotopic (exact) mass is 289 g/mol. The number of rotatable bonds is 5. The van der Waals surface area contributed by atoms with Crippen molar-refractivity contribution in [3.05, 3.63) is 33.3 Å². The first kappa shape index (κ1) is 14.8. The molecule has 0 spiro atoms. The smallest absolute Gasteiger partial charge is 0.309 e. The van der Waals surface area contributed by atoms with E-state index in [-0.39, 0.29) is 22.6 Å². The van der Waals surface area contributed by atoms with Crippen molar-refractivity contribution in [3.63, 3.8) is 0 Å². The van der Waals surface area contributed by atoms with Gasteiger partial charge in [0.05, 0.1) is 22.8 Å². The van der Waals surface area contributed by atoms with Gasteiger partial charge in [0.25, 0.3) is 0 Å².